The Balaban J connectivity index is 2.42. The number of hydrogen-bond donors (Lipinski definition) is 1. The summed E-state index contributed by atoms with van der Waals surface area (Å²) < 4.78 is 4.73. The monoisotopic (exact) mass is 242 g/mol. The van der Waals surface area contributed by atoms with Crippen LogP contribution in [0.15, 0.2) is 49.0 Å². The fraction of sp³-hybridized carbons (Fsp3) is 0.133. The number of hydrogen-bond acceptors (Lipinski definition) is 3. The van der Waals surface area contributed by atoms with Gasteiger partial charge in [0.15, 0.2) is 6.29 Å². The predicted molar refractivity (Wildman–Crippen MR) is 70.8 cm³/mol. The summed E-state index contributed by atoms with van der Waals surface area (Å²) in [7, 11) is 0. The fourth-order valence-electron chi connectivity index (χ4n) is 1.82. The Morgan fingerprint density at radius 2 is 1.89 bits per heavy atom. The van der Waals surface area contributed by atoms with E-state index in [0.29, 0.717) is 0 Å². The highest BCUT2D eigenvalue weighted by Crippen LogP contribution is 2.24. The SMILES string of the molecule is C=C(C(=O)OC(C)O)c1cccc2ccccc12. The van der Waals surface area contributed by atoms with Crippen LogP contribution < -0.4 is 0 Å². The lowest BCUT2D eigenvalue weighted by molar-refractivity contribution is -0.157. The number of carbonyl (C=O) groups is 1. The predicted octanol–water partition coefficient (Wildman–Crippen LogP) is 2.73. The average molecular weight is 242 g/mol. The third-order valence-corrected chi connectivity index (χ3v) is 2.64. The largest absolute Gasteiger partial charge is 0.433 e. The average Bonchev–Trinajstić information content (AvgIpc) is 2.36. The van der Waals surface area contributed by atoms with Crippen LogP contribution in [0.25, 0.3) is 16.3 Å². The fourth-order valence-corrected chi connectivity index (χ4v) is 1.82. The molecule has 2 aromatic carbocycles. The summed E-state index contributed by atoms with van der Waals surface area (Å²) in [5.41, 5.74) is 0.964. The van der Waals surface area contributed by atoms with Gasteiger partial charge in [-0.1, -0.05) is 49.0 Å². The number of fused-ring (bicyclic) bond motifs is 1. The minimum Gasteiger partial charge on any atom is -0.433 e. The minimum absolute atomic E-state index is 0.243. The maximum absolute atomic E-state index is 11.7. The lowest BCUT2D eigenvalue weighted by atomic mass is 9.99. The number of aliphatic hydroxyl groups is 1. The summed E-state index contributed by atoms with van der Waals surface area (Å²) in [5, 5.41) is 11.0. The first kappa shape index (κ1) is 12.3. The molecular weight excluding hydrogens is 228 g/mol. The summed E-state index contributed by atoms with van der Waals surface area (Å²) in [4.78, 5) is 11.7. The Hall–Kier alpha value is -2.13. The van der Waals surface area contributed by atoms with Crippen LogP contribution in [-0.4, -0.2) is 17.4 Å². The van der Waals surface area contributed by atoms with Gasteiger partial charge in [-0.05, 0) is 23.3 Å². The summed E-state index contributed by atoms with van der Waals surface area (Å²) in [6, 6.07) is 13.4. The lowest BCUT2D eigenvalue weighted by Crippen LogP contribution is -2.14. The normalized spacial score (nSPS) is 12.1. The molecule has 2 rings (SSSR count). The van der Waals surface area contributed by atoms with Gasteiger partial charge in [-0.3, -0.25) is 0 Å². The van der Waals surface area contributed by atoms with E-state index >= 15 is 0 Å². The van der Waals surface area contributed by atoms with Crippen molar-refractivity contribution in [2.24, 2.45) is 0 Å². The number of esters is 1. The van der Waals surface area contributed by atoms with Crippen LogP contribution in [0.3, 0.4) is 0 Å². The van der Waals surface area contributed by atoms with E-state index in [-0.39, 0.29) is 5.57 Å². The van der Waals surface area contributed by atoms with Crippen molar-refractivity contribution in [3.63, 3.8) is 0 Å². The topological polar surface area (TPSA) is 46.5 Å². The summed E-state index contributed by atoms with van der Waals surface area (Å²) in [5.74, 6) is -0.610. The van der Waals surface area contributed by atoms with Gasteiger partial charge in [-0.15, -0.1) is 0 Å². The maximum Gasteiger partial charge on any atom is 0.340 e. The van der Waals surface area contributed by atoms with Crippen molar-refractivity contribution in [1.29, 1.82) is 0 Å². The van der Waals surface area contributed by atoms with Crippen molar-refractivity contribution < 1.29 is 14.6 Å². The quantitative estimate of drug-likeness (QED) is 0.511. The van der Waals surface area contributed by atoms with Crippen LogP contribution in [0.2, 0.25) is 0 Å². The molecule has 0 aromatic heterocycles. The molecule has 1 atom stereocenters. The van der Waals surface area contributed by atoms with Crippen molar-refractivity contribution in [1.82, 2.24) is 0 Å². The highest BCUT2D eigenvalue weighted by molar-refractivity contribution is 6.19. The van der Waals surface area contributed by atoms with Crippen molar-refractivity contribution in [3.05, 3.63) is 54.6 Å². The van der Waals surface area contributed by atoms with Gasteiger partial charge in [0.25, 0.3) is 0 Å². The van der Waals surface area contributed by atoms with Gasteiger partial charge in [0.05, 0.1) is 5.57 Å². The molecule has 2 aromatic rings. The van der Waals surface area contributed by atoms with Crippen LogP contribution in [0.4, 0.5) is 0 Å². The number of carbonyl (C=O) groups excluding carboxylic acids is 1. The number of rotatable bonds is 3. The van der Waals surface area contributed by atoms with E-state index in [9.17, 15) is 4.79 Å². The summed E-state index contributed by atoms with van der Waals surface area (Å²) in [6.07, 6.45) is -1.13. The number of ether oxygens (including phenoxy) is 1. The highest BCUT2D eigenvalue weighted by Gasteiger charge is 2.15. The second kappa shape index (κ2) is 5.02. The highest BCUT2D eigenvalue weighted by atomic mass is 16.6. The summed E-state index contributed by atoms with van der Waals surface area (Å²) >= 11 is 0. The Kier molecular flexibility index (Phi) is 3.44. The van der Waals surface area contributed by atoms with Crippen LogP contribution in [0.5, 0.6) is 0 Å². The molecule has 1 N–H and O–H groups in total. The van der Waals surface area contributed by atoms with Gasteiger partial charge in [-0.2, -0.15) is 0 Å². The molecule has 0 aliphatic carbocycles. The van der Waals surface area contributed by atoms with Crippen LogP contribution in [-0.2, 0) is 9.53 Å². The molecule has 18 heavy (non-hydrogen) atoms. The molecule has 0 saturated heterocycles. The molecule has 1 unspecified atom stereocenters. The zero-order chi connectivity index (χ0) is 13.1. The van der Waals surface area contributed by atoms with E-state index in [0.717, 1.165) is 16.3 Å². The Morgan fingerprint density at radius 3 is 2.61 bits per heavy atom. The minimum atomic E-state index is -1.13. The van der Waals surface area contributed by atoms with Crippen LogP contribution >= 0.6 is 0 Å². The van der Waals surface area contributed by atoms with E-state index in [1.165, 1.54) is 6.92 Å². The molecule has 3 heteroatoms. The molecule has 0 radical (unpaired) electrons. The molecule has 0 fully saturated rings. The van der Waals surface area contributed by atoms with Crippen LogP contribution in [0, 0.1) is 0 Å². The third kappa shape index (κ3) is 2.41. The molecular formula is C15H14O3. The molecule has 0 saturated carbocycles. The van der Waals surface area contributed by atoms with E-state index in [4.69, 9.17) is 9.84 Å². The Labute approximate surface area is 105 Å². The van der Waals surface area contributed by atoms with E-state index < -0.39 is 12.3 Å². The van der Waals surface area contributed by atoms with Crippen molar-refractivity contribution >= 4 is 22.3 Å². The van der Waals surface area contributed by atoms with Crippen molar-refractivity contribution in [2.75, 3.05) is 0 Å². The smallest absolute Gasteiger partial charge is 0.340 e. The van der Waals surface area contributed by atoms with E-state index in [2.05, 4.69) is 6.58 Å². The lowest BCUT2D eigenvalue weighted by Gasteiger charge is -2.11. The van der Waals surface area contributed by atoms with Crippen molar-refractivity contribution in [2.45, 2.75) is 13.2 Å². The Bertz CT molecular complexity index is 594. The molecule has 0 heterocycles. The van der Waals surface area contributed by atoms with Gasteiger partial charge >= 0.3 is 5.97 Å². The molecule has 0 bridgehead atoms. The number of benzene rings is 2. The van der Waals surface area contributed by atoms with Gasteiger partial charge in [0.2, 0.25) is 0 Å². The van der Waals surface area contributed by atoms with Gasteiger partial charge < -0.3 is 9.84 Å². The maximum atomic E-state index is 11.7. The third-order valence-electron chi connectivity index (χ3n) is 2.64. The van der Waals surface area contributed by atoms with Gasteiger partial charge in [0.1, 0.15) is 0 Å². The van der Waals surface area contributed by atoms with Crippen molar-refractivity contribution in [3.8, 4) is 0 Å². The molecule has 3 nitrogen and oxygen atoms in total. The molecule has 0 aliphatic heterocycles. The zero-order valence-corrected chi connectivity index (χ0v) is 10.1. The van der Waals surface area contributed by atoms with Gasteiger partial charge in [0, 0.05) is 0 Å². The molecule has 0 aliphatic rings. The van der Waals surface area contributed by atoms with Gasteiger partial charge in [-0.25, -0.2) is 4.79 Å². The van der Waals surface area contributed by atoms with E-state index in [1.807, 2.05) is 42.5 Å². The summed E-state index contributed by atoms with van der Waals surface area (Å²) in [6.45, 7) is 5.13. The second-order valence-electron chi connectivity index (χ2n) is 4.01. The Morgan fingerprint density at radius 1 is 1.22 bits per heavy atom. The standard InChI is InChI=1S/C15H14O3/c1-10(15(17)18-11(2)16)13-9-5-7-12-6-3-4-8-14(12)13/h3-9,11,16H,1H2,2H3. The molecule has 0 spiro atoms. The second-order valence-corrected chi connectivity index (χ2v) is 4.01. The molecule has 0 amide bonds. The first-order valence-corrected chi connectivity index (χ1v) is 5.65. The zero-order valence-electron chi connectivity index (χ0n) is 10.1. The van der Waals surface area contributed by atoms with Crippen LogP contribution in [0.1, 0.15) is 12.5 Å². The first-order valence-electron chi connectivity index (χ1n) is 5.65. The first-order chi connectivity index (χ1) is 8.59. The van der Waals surface area contributed by atoms with E-state index in [1.54, 1.807) is 0 Å². The molecule has 92 valence electrons. The number of aliphatic hydroxyl groups excluding tert-OH is 1.